The predicted octanol–water partition coefficient (Wildman–Crippen LogP) is 2.25. The molecule has 0 aromatic heterocycles. The Bertz CT molecular complexity index is 550. The molecule has 0 aromatic rings. The number of aldehydes is 1. The lowest BCUT2D eigenvalue weighted by Crippen LogP contribution is -2.56. The number of carbonyl (C=O) groups excluding carboxylic acids is 2. The van der Waals surface area contributed by atoms with Crippen LogP contribution in [0.2, 0.25) is 0 Å². The van der Waals surface area contributed by atoms with Gasteiger partial charge in [-0.25, -0.2) is 4.79 Å². The highest BCUT2D eigenvalue weighted by atomic mass is 16.5. The summed E-state index contributed by atoms with van der Waals surface area (Å²) in [4.78, 5) is 23.5. The van der Waals surface area contributed by atoms with Crippen molar-refractivity contribution in [2.45, 2.75) is 51.9 Å². The van der Waals surface area contributed by atoms with E-state index in [-0.39, 0.29) is 42.4 Å². The summed E-state index contributed by atoms with van der Waals surface area (Å²) >= 11 is 0. The molecule has 2 N–H and O–H groups in total. The summed E-state index contributed by atoms with van der Waals surface area (Å²) in [6, 6.07) is 0. The maximum Gasteiger partial charge on any atom is 0.334 e. The molecule has 4 atom stereocenters. The first-order valence-corrected chi connectivity index (χ1v) is 9.54. The highest BCUT2D eigenvalue weighted by Gasteiger charge is 2.57. The van der Waals surface area contributed by atoms with Gasteiger partial charge in [-0.3, -0.25) is 0 Å². The Morgan fingerprint density at radius 2 is 2.04 bits per heavy atom. The molecule has 140 valence electrons. The quantitative estimate of drug-likeness (QED) is 0.567. The number of aliphatic hydroxyl groups is 2. The van der Waals surface area contributed by atoms with Crippen molar-refractivity contribution in [2.75, 3.05) is 19.8 Å². The fraction of sp³-hybridized carbons (Fsp3) is 0.800. The molecular formula is C20H30O5. The van der Waals surface area contributed by atoms with Crippen LogP contribution in [-0.2, 0) is 14.3 Å². The minimum atomic E-state index is -0.440. The molecule has 5 heteroatoms. The van der Waals surface area contributed by atoms with Gasteiger partial charge in [0.2, 0.25) is 0 Å². The number of rotatable bonds is 6. The number of ether oxygens (including phenoxy) is 1. The van der Waals surface area contributed by atoms with Gasteiger partial charge in [-0.2, -0.15) is 0 Å². The Kier molecular flexibility index (Phi) is 5.35. The Labute approximate surface area is 149 Å². The van der Waals surface area contributed by atoms with Crippen LogP contribution in [0.1, 0.15) is 51.9 Å². The lowest BCUT2D eigenvalue weighted by molar-refractivity contribution is -0.151. The molecule has 0 amide bonds. The number of aliphatic hydroxyl groups excluding tert-OH is 2. The molecule has 3 aliphatic rings. The summed E-state index contributed by atoms with van der Waals surface area (Å²) in [5, 5.41) is 20.1. The van der Waals surface area contributed by atoms with Crippen molar-refractivity contribution in [3.63, 3.8) is 0 Å². The van der Waals surface area contributed by atoms with Gasteiger partial charge in [0.05, 0.1) is 13.2 Å². The number of cyclic esters (lactones) is 1. The molecule has 3 rings (SSSR count). The van der Waals surface area contributed by atoms with E-state index in [4.69, 9.17) is 4.74 Å². The first-order valence-electron chi connectivity index (χ1n) is 9.54. The maximum absolute atomic E-state index is 11.7. The molecule has 25 heavy (non-hydrogen) atoms. The standard InChI is InChI=1S/C20H30O5/c1-19-8-2-9-20(12-22,13-23)17(19)6-4-15(11-21)16(19)5-3-14-7-10-25-18(14)24/h7,11,15-17,22-23H,2-6,8-10,12-13H2,1H3/t15-,16-,17+,19+/m1/s1. The van der Waals surface area contributed by atoms with Crippen LogP contribution < -0.4 is 0 Å². The Morgan fingerprint density at radius 1 is 1.28 bits per heavy atom. The van der Waals surface area contributed by atoms with E-state index in [0.717, 1.165) is 50.4 Å². The van der Waals surface area contributed by atoms with Crippen molar-refractivity contribution in [1.82, 2.24) is 0 Å². The van der Waals surface area contributed by atoms with E-state index in [2.05, 4.69) is 6.92 Å². The number of esters is 1. The van der Waals surface area contributed by atoms with Gasteiger partial charge < -0.3 is 19.7 Å². The molecule has 0 aromatic carbocycles. The molecule has 2 saturated carbocycles. The van der Waals surface area contributed by atoms with E-state index in [1.54, 1.807) is 0 Å². The fourth-order valence-corrected chi connectivity index (χ4v) is 6.04. The van der Waals surface area contributed by atoms with Gasteiger partial charge >= 0.3 is 5.97 Å². The maximum atomic E-state index is 11.7. The largest absolute Gasteiger partial charge is 0.458 e. The average molecular weight is 350 g/mol. The van der Waals surface area contributed by atoms with Crippen molar-refractivity contribution in [3.8, 4) is 0 Å². The van der Waals surface area contributed by atoms with Gasteiger partial charge in [-0.15, -0.1) is 0 Å². The van der Waals surface area contributed by atoms with Crippen molar-refractivity contribution in [1.29, 1.82) is 0 Å². The highest BCUT2D eigenvalue weighted by molar-refractivity contribution is 5.90. The number of hydrogen-bond donors (Lipinski definition) is 2. The van der Waals surface area contributed by atoms with Crippen molar-refractivity contribution in [3.05, 3.63) is 11.6 Å². The molecule has 2 aliphatic carbocycles. The van der Waals surface area contributed by atoms with Crippen molar-refractivity contribution >= 4 is 12.3 Å². The third kappa shape index (κ3) is 3.06. The minimum absolute atomic E-state index is 0.000286. The van der Waals surface area contributed by atoms with Gasteiger partial charge in [0.1, 0.15) is 12.9 Å². The molecule has 0 spiro atoms. The average Bonchev–Trinajstić information content (AvgIpc) is 3.03. The first-order chi connectivity index (χ1) is 12.0. The highest BCUT2D eigenvalue weighted by Crippen LogP contribution is 2.61. The lowest BCUT2D eigenvalue weighted by atomic mass is 9.45. The summed E-state index contributed by atoms with van der Waals surface area (Å²) in [5.41, 5.74) is 0.197. The summed E-state index contributed by atoms with van der Waals surface area (Å²) < 4.78 is 4.99. The van der Waals surface area contributed by atoms with E-state index in [0.29, 0.717) is 13.0 Å². The Morgan fingerprint density at radius 3 is 2.64 bits per heavy atom. The third-order valence-electron chi connectivity index (χ3n) is 7.41. The van der Waals surface area contributed by atoms with Crippen LogP contribution >= 0.6 is 0 Å². The summed E-state index contributed by atoms with van der Waals surface area (Å²) in [6.07, 6.45) is 8.85. The van der Waals surface area contributed by atoms with Gasteiger partial charge in [-0.1, -0.05) is 13.3 Å². The van der Waals surface area contributed by atoms with Gasteiger partial charge in [-0.05, 0) is 61.9 Å². The predicted molar refractivity (Wildman–Crippen MR) is 92.6 cm³/mol. The van der Waals surface area contributed by atoms with Crippen LogP contribution in [0.15, 0.2) is 11.6 Å². The van der Waals surface area contributed by atoms with Crippen molar-refractivity contribution < 1.29 is 24.5 Å². The normalized spacial score (nSPS) is 37.2. The second kappa shape index (κ2) is 7.20. The number of hydrogen-bond acceptors (Lipinski definition) is 5. The zero-order valence-electron chi connectivity index (χ0n) is 15.1. The van der Waals surface area contributed by atoms with Crippen LogP contribution in [0.25, 0.3) is 0 Å². The number of fused-ring (bicyclic) bond motifs is 1. The number of carbonyl (C=O) groups is 2. The van der Waals surface area contributed by atoms with Crippen LogP contribution in [0.3, 0.4) is 0 Å². The molecule has 0 bridgehead atoms. The molecule has 2 fully saturated rings. The summed E-state index contributed by atoms with van der Waals surface area (Å²) in [5.74, 6) is 0.154. The second-order valence-electron chi connectivity index (χ2n) is 8.44. The fourth-order valence-electron chi connectivity index (χ4n) is 6.04. The molecule has 5 nitrogen and oxygen atoms in total. The van der Waals surface area contributed by atoms with Gasteiger partial charge in [0, 0.05) is 16.9 Å². The lowest BCUT2D eigenvalue weighted by Gasteiger charge is -2.59. The summed E-state index contributed by atoms with van der Waals surface area (Å²) in [6.45, 7) is 2.59. The van der Waals surface area contributed by atoms with Crippen LogP contribution in [-0.4, -0.2) is 42.3 Å². The van der Waals surface area contributed by atoms with Gasteiger partial charge in [0.25, 0.3) is 0 Å². The second-order valence-corrected chi connectivity index (χ2v) is 8.44. The minimum Gasteiger partial charge on any atom is -0.458 e. The molecular weight excluding hydrogens is 320 g/mol. The van der Waals surface area contributed by atoms with Crippen LogP contribution in [0, 0.1) is 28.6 Å². The van der Waals surface area contributed by atoms with E-state index in [1.807, 2.05) is 6.08 Å². The van der Waals surface area contributed by atoms with E-state index in [9.17, 15) is 19.8 Å². The van der Waals surface area contributed by atoms with E-state index < -0.39 is 5.41 Å². The Balaban J connectivity index is 1.85. The first kappa shape index (κ1) is 18.6. The summed E-state index contributed by atoms with van der Waals surface area (Å²) in [7, 11) is 0. The topological polar surface area (TPSA) is 83.8 Å². The molecule has 0 saturated heterocycles. The molecule has 0 unspecified atom stereocenters. The van der Waals surface area contributed by atoms with E-state index >= 15 is 0 Å². The SMILES string of the molecule is C[C@@]12CCCC(CO)(CO)[C@H]1CC[C@H](C=O)[C@H]2CCC1=CCOC1=O. The van der Waals surface area contributed by atoms with Crippen molar-refractivity contribution in [2.24, 2.45) is 28.6 Å². The van der Waals surface area contributed by atoms with Gasteiger partial charge in [0.15, 0.2) is 0 Å². The smallest absolute Gasteiger partial charge is 0.334 e. The third-order valence-corrected chi connectivity index (χ3v) is 7.41. The molecule has 1 heterocycles. The Hall–Kier alpha value is -1.20. The molecule has 0 radical (unpaired) electrons. The molecule has 1 aliphatic heterocycles. The monoisotopic (exact) mass is 350 g/mol. The zero-order chi connectivity index (χ0) is 18.1. The van der Waals surface area contributed by atoms with Crippen LogP contribution in [0.5, 0.6) is 0 Å². The van der Waals surface area contributed by atoms with Crippen LogP contribution in [0.4, 0.5) is 0 Å². The zero-order valence-corrected chi connectivity index (χ0v) is 15.1. The van der Waals surface area contributed by atoms with E-state index in [1.165, 1.54) is 0 Å².